The maximum Gasteiger partial charge on any atom is 2.00 e. The minimum atomic E-state index is -0.963. The minimum absolute atomic E-state index is 0. The average molecular weight is 1080 g/mol. The number of fused-ring (bicyclic) bond motifs is 3. The van der Waals surface area contributed by atoms with Gasteiger partial charge in [0.05, 0.1) is 98.8 Å². The summed E-state index contributed by atoms with van der Waals surface area (Å²) >= 11 is 7.40. The second-order valence-corrected chi connectivity index (χ2v) is 15.4. The van der Waals surface area contributed by atoms with Gasteiger partial charge in [-0.05, 0) is 121 Å². The maximum atomic E-state index is 10.7. The Morgan fingerprint density at radius 3 is 1.47 bits per heavy atom. The van der Waals surface area contributed by atoms with Crippen molar-refractivity contribution in [2.75, 3.05) is 9.80 Å². The van der Waals surface area contributed by atoms with Crippen molar-refractivity contribution in [1.29, 1.82) is 0 Å². The van der Waals surface area contributed by atoms with Gasteiger partial charge in [0.1, 0.15) is 0 Å². The van der Waals surface area contributed by atoms with Crippen molar-refractivity contribution in [1.82, 2.24) is 44.4 Å². The molecule has 2 aromatic carbocycles. The number of rotatable bonds is 10. The van der Waals surface area contributed by atoms with Crippen LogP contribution < -0.4 is 9.80 Å². The van der Waals surface area contributed by atoms with Crippen LogP contribution in [0.1, 0.15) is 10.4 Å². The van der Waals surface area contributed by atoms with E-state index in [-0.39, 0.29) is 25.0 Å². The van der Waals surface area contributed by atoms with Gasteiger partial charge in [-0.25, -0.2) is 4.79 Å². The third kappa shape index (κ3) is 12.4. The Labute approximate surface area is 442 Å². The van der Waals surface area contributed by atoms with Gasteiger partial charge in [-0.3, -0.25) is 39.9 Å². The molecule has 0 bridgehead atoms. The quantitative estimate of drug-likeness (QED) is 0.0771. The predicted octanol–water partition coefficient (Wildman–Crippen LogP) is 12.9. The molecule has 0 saturated carbocycles. The Hall–Kier alpha value is -9.27. The van der Waals surface area contributed by atoms with Crippen LogP contribution in [0.15, 0.2) is 220 Å². The molecule has 0 radical (unpaired) electrons. The van der Waals surface area contributed by atoms with Crippen LogP contribution in [0.2, 0.25) is 0 Å². The number of anilines is 6. The van der Waals surface area contributed by atoms with E-state index in [0.29, 0.717) is 11.4 Å². The van der Waals surface area contributed by atoms with Crippen LogP contribution in [0.5, 0.6) is 0 Å². The van der Waals surface area contributed by atoms with E-state index in [0.717, 1.165) is 73.0 Å². The number of nitrogens with zero attached hydrogens (tertiary/aromatic N) is 13. The molecule has 0 aliphatic carbocycles. The summed E-state index contributed by atoms with van der Waals surface area (Å²) in [5, 5.41) is 28.0. The number of benzene rings is 2. The largest absolute Gasteiger partial charge is 2.00 e. The van der Waals surface area contributed by atoms with E-state index in [1.807, 2.05) is 97.8 Å². The third-order valence-electron chi connectivity index (χ3n) is 10.7. The van der Waals surface area contributed by atoms with E-state index < -0.39 is 5.97 Å². The summed E-state index contributed by atoms with van der Waals surface area (Å²) in [6, 6.07) is 47.4. The molecule has 0 spiro atoms. The number of pyridine rings is 8. The van der Waals surface area contributed by atoms with Crippen LogP contribution in [-0.4, -0.2) is 65.8 Å². The Balaban J connectivity index is 0.000000298. The standard InChI is InChI=1S/C42H29N9.C11H8N2O2.2CNS.Ru/c1-2-12-41-37(11-1)38-24-40(39-23-32(17-22-47-39)50(35-9-5-20-45-27-35)36-10-6-21-46-28-36)48-29-42(38)51(41)31-15-13-30(14-16-31)49(33-7-3-18-43-25-33)34-8-4-19-44-26-34;14-11(15)8-4-6-13-10(7-8)9-3-1-2-5-12-9;2*2-1-3;/h1-29H;1-7H,(H,14,15);;;/q;;2*-1;+2. The zero-order valence-electron chi connectivity index (χ0n) is 38.1. The van der Waals surface area contributed by atoms with Gasteiger partial charge in [0.2, 0.25) is 0 Å². The molecular weight excluding hydrogens is 1040 g/mol. The zero-order valence-corrected chi connectivity index (χ0v) is 41.5. The summed E-state index contributed by atoms with van der Waals surface area (Å²) in [6.07, 6.45) is 21.4. The molecule has 11 aromatic rings. The van der Waals surface area contributed by atoms with E-state index in [1.54, 1.807) is 43.1 Å². The van der Waals surface area contributed by atoms with E-state index >= 15 is 0 Å². The number of hydrogen-bond acceptors (Lipinski definition) is 13. The number of aromatic nitrogens is 9. The second kappa shape index (κ2) is 25.5. The summed E-state index contributed by atoms with van der Waals surface area (Å²) < 4.78 is 2.26. The SMILES string of the molecule is O=C(O)c1ccnc(-c2ccccn2)c1.[N-]=C=S.[N-]=C=S.[Ru+2].c1cncc(N(c2ccc(-n3c4ccccc4c4cc(-c5cc(N(c6cccnc6)c6cccnc6)ccn5)ncc43)cc2)c2cccnc2)c1. The van der Waals surface area contributed by atoms with Gasteiger partial charge in [-0.2, -0.15) is 10.3 Å². The van der Waals surface area contributed by atoms with Crippen molar-refractivity contribution in [2.45, 2.75) is 0 Å². The molecule has 0 amide bonds. The van der Waals surface area contributed by atoms with Gasteiger partial charge < -0.3 is 30.3 Å². The minimum Gasteiger partial charge on any atom is -0.753 e. The average Bonchev–Trinajstić information content (AvgIpc) is 3.77. The molecule has 0 aliphatic heterocycles. The molecule has 18 heteroatoms. The number of thiocarbonyl (C=S) groups is 2. The van der Waals surface area contributed by atoms with E-state index in [4.69, 9.17) is 25.9 Å². The van der Waals surface area contributed by atoms with Gasteiger partial charge in [0.15, 0.2) is 0 Å². The van der Waals surface area contributed by atoms with Crippen molar-refractivity contribution >= 4 is 96.7 Å². The van der Waals surface area contributed by atoms with Crippen LogP contribution >= 0.6 is 24.4 Å². The van der Waals surface area contributed by atoms with Crippen molar-refractivity contribution in [3.8, 4) is 28.5 Å². The van der Waals surface area contributed by atoms with Crippen LogP contribution in [0.4, 0.5) is 34.1 Å². The Bertz CT molecular complexity index is 3540. The predicted molar refractivity (Wildman–Crippen MR) is 289 cm³/mol. The summed E-state index contributed by atoms with van der Waals surface area (Å²) in [6.45, 7) is 0. The number of para-hydroxylation sites is 1. The molecule has 0 saturated heterocycles. The van der Waals surface area contributed by atoms with Crippen LogP contribution in [0.25, 0.3) is 61.1 Å². The summed E-state index contributed by atoms with van der Waals surface area (Å²) in [5.74, 6) is -0.963. The summed E-state index contributed by atoms with van der Waals surface area (Å²) in [5.41, 5.74) is 11.8. The summed E-state index contributed by atoms with van der Waals surface area (Å²) in [4.78, 5) is 50.4. The molecule has 15 nitrogen and oxygen atoms in total. The first-order valence-corrected chi connectivity index (χ1v) is 22.5. The van der Waals surface area contributed by atoms with E-state index in [1.165, 1.54) is 28.7 Å². The fraction of sp³-hybridized carbons (Fsp3) is 0. The zero-order chi connectivity index (χ0) is 50.1. The van der Waals surface area contributed by atoms with Gasteiger partial charge in [0.25, 0.3) is 0 Å². The maximum absolute atomic E-state index is 10.7. The normalized spacial score (nSPS) is 10.0. The first-order valence-electron chi connectivity index (χ1n) is 21.7. The van der Waals surface area contributed by atoms with Crippen LogP contribution in [0, 0.1) is 0 Å². The number of carboxylic acids is 1. The summed E-state index contributed by atoms with van der Waals surface area (Å²) in [7, 11) is 0. The van der Waals surface area contributed by atoms with E-state index in [2.05, 4.69) is 129 Å². The molecule has 1 N–H and O–H groups in total. The Morgan fingerprint density at radius 1 is 0.452 bits per heavy atom. The van der Waals surface area contributed by atoms with Gasteiger partial charge in [-0.15, -0.1) is 0 Å². The molecule has 0 unspecified atom stereocenters. The molecule has 9 aromatic heterocycles. The molecule has 0 aliphatic rings. The van der Waals surface area contributed by atoms with Crippen molar-refractivity contribution in [3.05, 3.63) is 236 Å². The second-order valence-electron chi connectivity index (χ2n) is 15.0. The Morgan fingerprint density at radius 2 is 0.945 bits per heavy atom. The van der Waals surface area contributed by atoms with Crippen molar-refractivity contribution in [3.63, 3.8) is 0 Å². The Kier molecular flexibility index (Phi) is 18.1. The smallest absolute Gasteiger partial charge is 0.753 e. The first kappa shape index (κ1) is 51.6. The van der Waals surface area contributed by atoms with Gasteiger partial charge in [0, 0.05) is 65.5 Å². The molecule has 11 rings (SSSR count). The topological polar surface area (TPSA) is 196 Å². The van der Waals surface area contributed by atoms with Gasteiger partial charge in [-0.1, -0.05) is 48.7 Å². The van der Waals surface area contributed by atoms with Crippen LogP contribution in [0.3, 0.4) is 0 Å². The molecule has 0 fully saturated rings. The fourth-order valence-electron chi connectivity index (χ4n) is 7.79. The van der Waals surface area contributed by atoms with E-state index in [9.17, 15) is 4.79 Å². The number of carboxylic acid groups (broad SMARTS) is 1. The number of hydrogen-bond donors (Lipinski definition) is 1. The number of aromatic carboxylic acids is 1. The van der Waals surface area contributed by atoms with Crippen molar-refractivity contribution in [2.24, 2.45) is 0 Å². The molecule has 354 valence electrons. The third-order valence-corrected chi connectivity index (χ3v) is 10.7. The monoisotopic (exact) mass is 1080 g/mol. The molecule has 9 heterocycles. The van der Waals surface area contributed by atoms with Gasteiger partial charge >= 0.3 is 25.4 Å². The molecule has 0 atom stereocenters. The van der Waals surface area contributed by atoms with Crippen molar-refractivity contribution < 1.29 is 29.4 Å². The number of isothiocyanates is 2. The fourth-order valence-corrected chi connectivity index (χ4v) is 7.79. The number of carbonyl (C=O) groups is 1. The first-order chi connectivity index (χ1) is 35.4. The van der Waals surface area contributed by atoms with Crippen LogP contribution in [-0.2, 0) is 19.5 Å². The molecular formula is C55H37N13O2RuS2. The molecule has 73 heavy (non-hydrogen) atoms.